The number of hydrogen-bond donors (Lipinski definition) is 2. The van der Waals surface area contributed by atoms with Crippen molar-refractivity contribution in [1.29, 1.82) is 0 Å². The van der Waals surface area contributed by atoms with Gasteiger partial charge in [0.15, 0.2) is 5.82 Å². The molecule has 0 aliphatic carbocycles. The fraction of sp³-hybridized carbons (Fsp3) is 0.567. The Morgan fingerprint density at radius 1 is 1.13 bits per heavy atom. The first-order chi connectivity index (χ1) is 21.3. The molecule has 2 aromatic heterocycles. The number of piperazine rings is 1. The van der Waals surface area contributed by atoms with Gasteiger partial charge in [-0.25, -0.2) is 18.2 Å². The average Bonchev–Trinajstić information content (AvgIpc) is 3.63. The Hall–Kier alpha value is -3.10. The molecular weight excluding hydrogens is 624 g/mol. The Morgan fingerprint density at radius 3 is 2.56 bits per heavy atom. The number of ether oxygens (including phenoxy) is 1. The number of anilines is 2. The van der Waals surface area contributed by atoms with Gasteiger partial charge in [-0.1, -0.05) is 11.6 Å². The molecule has 0 amide bonds. The van der Waals surface area contributed by atoms with Gasteiger partial charge < -0.3 is 20.7 Å². The van der Waals surface area contributed by atoms with Crippen molar-refractivity contribution in [3.05, 3.63) is 34.1 Å². The van der Waals surface area contributed by atoms with Gasteiger partial charge >= 0.3 is 12.2 Å². The van der Waals surface area contributed by atoms with Gasteiger partial charge in [-0.05, 0) is 76.2 Å². The summed E-state index contributed by atoms with van der Waals surface area (Å²) in [7, 11) is 0. The van der Waals surface area contributed by atoms with E-state index in [9.17, 15) is 22.0 Å². The van der Waals surface area contributed by atoms with Crippen LogP contribution in [0.1, 0.15) is 49.7 Å². The van der Waals surface area contributed by atoms with E-state index in [1.165, 1.54) is 13.0 Å². The highest BCUT2D eigenvalue weighted by Crippen LogP contribution is 2.46. The molecule has 7 rings (SSSR count). The molecule has 4 aliphatic heterocycles. The summed E-state index contributed by atoms with van der Waals surface area (Å²) in [5.74, 6) is -1.29. The van der Waals surface area contributed by atoms with E-state index in [1.807, 2.05) is 0 Å². The van der Waals surface area contributed by atoms with Crippen LogP contribution in [0.4, 0.5) is 38.0 Å². The van der Waals surface area contributed by atoms with Crippen molar-refractivity contribution in [2.45, 2.75) is 75.2 Å². The Kier molecular flexibility index (Phi) is 7.28. The first-order valence-corrected chi connectivity index (χ1v) is 15.4. The van der Waals surface area contributed by atoms with Crippen molar-refractivity contribution in [3.63, 3.8) is 0 Å². The number of pyridine rings is 1. The quantitative estimate of drug-likeness (QED) is 0.314. The summed E-state index contributed by atoms with van der Waals surface area (Å²) in [6.45, 7) is 3.49. The first kappa shape index (κ1) is 30.5. The Bertz CT molecular complexity index is 1660. The van der Waals surface area contributed by atoms with E-state index in [0.29, 0.717) is 13.0 Å². The van der Waals surface area contributed by atoms with Crippen LogP contribution in [0.25, 0.3) is 22.2 Å². The zero-order chi connectivity index (χ0) is 31.9. The molecule has 2 bridgehead atoms. The molecule has 0 spiro atoms. The number of nitrogen functional groups attached to an aromatic ring is 1. The maximum Gasteiger partial charge on any atom is 0.418 e. The first-order valence-electron chi connectivity index (χ1n) is 15.0. The van der Waals surface area contributed by atoms with Crippen molar-refractivity contribution in [2.24, 2.45) is 0 Å². The highest BCUT2D eigenvalue weighted by atomic mass is 35.5. The Labute approximate surface area is 260 Å². The smallest absolute Gasteiger partial charge is 0.418 e. The number of benzene rings is 1. The van der Waals surface area contributed by atoms with E-state index in [0.717, 1.165) is 44.8 Å². The van der Waals surface area contributed by atoms with Gasteiger partial charge in [0, 0.05) is 24.5 Å². The summed E-state index contributed by atoms with van der Waals surface area (Å²) in [5, 5.41) is 2.72. The largest absolute Gasteiger partial charge is 0.461 e. The van der Waals surface area contributed by atoms with E-state index >= 15 is 4.39 Å². The fourth-order valence-electron chi connectivity index (χ4n) is 7.90. The molecule has 15 heteroatoms. The summed E-state index contributed by atoms with van der Waals surface area (Å²) in [6.07, 6.45) is -2.95. The van der Waals surface area contributed by atoms with Gasteiger partial charge in [0.2, 0.25) is 0 Å². The number of hydrogen-bond acceptors (Lipinski definition) is 8. The lowest BCUT2D eigenvalue weighted by Gasteiger charge is -2.41. The van der Waals surface area contributed by atoms with E-state index in [-0.39, 0.29) is 70.3 Å². The number of rotatable bonds is 6. The molecule has 4 saturated heterocycles. The third-order valence-electron chi connectivity index (χ3n) is 9.94. The van der Waals surface area contributed by atoms with Gasteiger partial charge in [0.1, 0.15) is 23.8 Å². The van der Waals surface area contributed by atoms with Crippen molar-refractivity contribution in [1.82, 2.24) is 25.2 Å². The van der Waals surface area contributed by atoms with E-state index in [1.54, 1.807) is 4.90 Å². The van der Waals surface area contributed by atoms with E-state index in [2.05, 4.69) is 25.2 Å². The molecule has 45 heavy (non-hydrogen) atoms. The summed E-state index contributed by atoms with van der Waals surface area (Å²) in [4.78, 5) is 16.8. The van der Waals surface area contributed by atoms with E-state index < -0.39 is 40.8 Å². The molecular formula is C30H32ClF6N7O. The molecule has 4 fully saturated rings. The molecule has 2 atom stereocenters. The van der Waals surface area contributed by atoms with Crippen molar-refractivity contribution in [3.8, 4) is 17.3 Å². The van der Waals surface area contributed by atoms with Crippen LogP contribution < -0.4 is 20.7 Å². The molecule has 3 aromatic rings. The predicted octanol–water partition coefficient (Wildman–Crippen LogP) is 5.98. The highest BCUT2D eigenvalue weighted by Gasteiger charge is 2.51. The molecule has 1 aromatic carbocycles. The van der Waals surface area contributed by atoms with Crippen LogP contribution in [0.2, 0.25) is 5.02 Å². The lowest BCUT2D eigenvalue weighted by Crippen LogP contribution is -2.63. The number of alkyl halides is 5. The molecule has 242 valence electrons. The van der Waals surface area contributed by atoms with Crippen molar-refractivity contribution in [2.75, 3.05) is 43.4 Å². The van der Waals surface area contributed by atoms with Gasteiger partial charge in [0.25, 0.3) is 6.43 Å². The number of aryl methyl sites for hydroxylation is 1. The normalized spacial score (nSPS) is 24.6. The molecule has 0 saturated carbocycles. The topological polar surface area (TPSA) is 92.4 Å². The highest BCUT2D eigenvalue weighted by molar-refractivity contribution is 6.34. The lowest BCUT2D eigenvalue weighted by atomic mass is 9.95. The molecule has 3 N–H and O–H groups in total. The SMILES string of the molecule is Cc1cc(N)nc(-c2c(Cl)cc3c(N4CC5CCC(C(F)F)(C4)N5)nc(OCC45CCCN4CCC5)nc3c2F)c1C(F)(F)F. The van der Waals surface area contributed by atoms with Gasteiger partial charge in [-0.15, -0.1) is 0 Å². The number of fused-ring (bicyclic) bond motifs is 4. The van der Waals surface area contributed by atoms with Crippen LogP contribution in [-0.4, -0.2) is 76.2 Å². The van der Waals surface area contributed by atoms with Gasteiger partial charge in [-0.2, -0.15) is 23.1 Å². The molecule has 4 aliphatic rings. The predicted molar refractivity (Wildman–Crippen MR) is 157 cm³/mol. The second-order valence-corrected chi connectivity index (χ2v) is 13.2. The van der Waals surface area contributed by atoms with Crippen LogP contribution >= 0.6 is 11.6 Å². The van der Waals surface area contributed by atoms with Crippen LogP contribution in [0, 0.1) is 12.7 Å². The minimum atomic E-state index is -4.90. The molecule has 0 radical (unpaired) electrons. The third-order valence-corrected chi connectivity index (χ3v) is 10.2. The van der Waals surface area contributed by atoms with Crippen LogP contribution in [0.15, 0.2) is 12.1 Å². The fourth-order valence-corrected chi connectivity index (χ4v) is 8.18. The summed E-state index contributed by atoms with van der Waals surface area (Å²) in [6, 6.07) is 1.86. The second-order valence-electron chi connectivity index (χ2n) is 12.8. The number of nitrogens with one attached hydrogen (secondary N) is 1. The summed E-state index contributed by atoms with van der Waals surface area (Å²) in [5.41, 5.74) is 0.944. The van der Waals surface area contributed by atoms with E-state index in [4.69, 9.17) is 22.1 Å². The number of halogens is 7. The average molecular weight is 656 g/mol. The maximum atomic E-state index is 16.7. The number of aromatic nitrogens is 3. The van der Waals surface area contributed by atoms with Crippen LogP contribution in [0.5, 0.6) is 6.01 Å². The maximum absolute atomic E-state index is 16.7. The Balaban J connectivity index is 1.40. The number of nitrogens with zero attached hydrogens (tertiary/aromatic N) is 5. The van der Waals surface area contributed by atoms with Crippen LogP contribution in [0.3, 0.4) is 0 Å². The van der Waals surface area contributed by atoms with Gasteiger partial charge in [-0.3, -0.25) is 4.90 Å². The van der Waals surface area contributed by atoms with Crippen molar-refractivity contribution >= 4 is 34.1 Å². The summed E-state index contributed by atoms with van der Waals surface area (Å²) < 4.78 is 94.2. The van der Waals surface area contributed by atoms with Crippen LogP contribution in [-0.2, 0) is 6.18 Å². The zero-order valence-corrected chi connectivity index (χ0v) is 25.2. The molecule has 2 unspecified atom stereocenters. The molecule has 8 nitrogen and oxygen atoms in total. The Morgan fingerprint density at radius 2 is 1.87 bits per heavy atom. The number of nitrogens with two attached hydrogens (primary N) is 1. The molecule has 6 heterocycles. The second kappa shape index (κ2) is 10.7. The van der Waals surface area contributed by atoms with Crippen molar-refractivity contribution < 1.29 is 31.1 Å². The third kappa shape index (κ3) is 5.03. The zero-order valence-electron chi connectivity index (χ0n) is 24.5. The van der Waals surface area contributed by atoms with Gasteiger partial charge in [0.05, 0.1) is 32.9 Å². The summed E-state index contributed by atoms with van der Waals surface area (Å²) >= 11 is 6.54. The standard InChI is InChI=1S/C30H32ClF6N7O/c1-15-10-19(38)39-24(21(15)30(35,36)37)20-18(31)11-17-23(22(20)32)40-27(45-14-28-5-2-8-44(28)9-3-6-28)41-25(17)43-12-16-4-7-29(13-43,42-16)26(33)34/h10-11,16,26,42H,2-9,12-14H2,1H3,(H2,38,39). The monoisotopic (exact) mass is 655 g/mol. The minimum Gasteiger partial charge on any atom is -0.461 e. The lowest BCUT2D eigenvalue weighted by molar-refractivity contribution is -0.137. The minimum absolute atomic E-state index is 0.0648.